The molecule has 2 heterocycles. The SMILES string of the molecule is CCN(C(=O)c1cc(C(C)C)nn1C)[C@@H]1COC[C@H]1O. The molecule has 0 aliphatic carbocycles. The standard InChI is InChI=1S/C14H23N3O3/c1-5-17(12-7-20-8-13(12)18)14(19)11-6-10(9(2)3)15-16(11)4/h6,9,12-13,18H,5,7-8H2,1-4H3/t12-,13-/m1/s1. The van der Waals surface area contributed by atoms with Crippen LogP contribution in [0.25, 0.3) is 0 Å². The zero-order chi connectivity index (χ0) is 14.9. The smallest absolute Gasteiger partial charge is 0.272 e. The van der Waals surface area contributed by atoms with Crippen LogP contribution in [0, 0.1) is 0 Å². The van der Waals surface area contributed by atoms with Crippen LogP contribution in [0.2, 0.25) is 0 Å². The molecule has 0 saturated carbocycles. The third-order valence-electron chi connectivity index (χ3n) is 3.73. The highest BCUT2D eigenvalue weighted by Gasteiger charge is 2.35. The first-order valence-corrected chi connectivity index (χ1v) is 7.06. The summed E-state index contributed by atoms with van der Waals surface area (Å²) < 4.78 is 6.86. The molecule has 1 saturated heterocycles. The van der Waals surface area contributed by atoms with Gasteiger partial charge in [0.05, 0.1) is 31.1 Å². The fourth-order valence-electron chi connectivity index (χ4n) is 2.48. The lowest BCUT2D eigenvalue weighted by atomic mass is 10.1. The Balaban J connectivity index is 2.24. The van der Waals surface area contributed by atoms with Crippen LogP contribution in [0.4, 0.5) is 0 Å². The molecule has 2 atom stereocenters. The maximum Gasteiger partial charge on any atom is 0.272 e. The van der Waals surface area contributed by atoms with Gasteiger partial charge in [0.15, 0.2) is 0 Å². The van der Waals surface area contributed by atoms with Crippen molar-refractivity contribution in [2.45, 2.75) is 38.8 Å². The van der Waals surface area contributed by atoms with E-state index in [-0.39, 0.29) is 24.5 Å². The number of amides is 1. The summed E-state index contributed by atoms with van der Waals surface area (Å²) in [5.41, 5.74) is 1.45. The van der Waals surface area contributed by atoms with Gasteiger partial charge in [-0.1, -0.05) is 13.8 Å². The number of aryl methyl sites for hydroxylation is 1. The molecule has 1 aromatic rings. The molecular formula is C14H23N3O3. The first-order chi connectivity index (χ1) is 9.45. The minimum Gasteiger partial charge on any atom is -0.388 e. The van der Waals surface area contributed by atoms with E-state index in [9.17, 15) is 9.90 Å². The number of rotatable bonds is 4. The summed E-state index contributed by atoms with van der Waals surface area (Å²) in [4.78, 5) is 14.3. The molecule has 0 spiro atoms. The zero-order valence-electron chi connectivity index (χ0n) is 12.5. The summed E-state index contributed by atoms with van der Waals surface area (Å²) >= 11 is 0. The van der Waals surface area contributed by atoms with Crippen LogP contribution in [0.15, 0.2) is 6.07 Å². The van der Waals surface area contributed by atoms with Crippen LogP contribution in [0.5, 0.6) is 0 Å². The minimum atomic E-state index is -0.614. The van der Waals surface area contributed by atoms with Gasteiger partial charge in [-0.2, -0.15) is 5.10 Å². The van der Waals surface area contributed by atoms with Crippen molar-refractivity contribution in [2.24, 2.45) is 7.05 Å². The molecular weight excluding hydrogens is 258 g/mol. The molecule has 1 fully saturated rings. The van der Waals surface area contributed by atoms with Gasteiger partial charge in [-0.15, -0.1) is 0 Å². The third kappa shape index (κ3) is 2.71. The summed E-state index contributed by atoms with van der Waals surface area (Å²) in [5.74, 6) is 0.169. The Morgan fingerprint density at radius 1 is 1.60 bits per heavy atom. The lowest BCUT2D eigenvalue weighted by Crippen LogP contribution is -2.47. The van der Waals surface area contributed by atoms with Crippen molar-refractivity contribution in [3.05, 3.63) is 17.5 Å². The highest BCUT2D eigenvalue weighted by Crippen LogP contribution is 2.19. The van der Waals surface area contributed by atoms with Crippen LogP contribution in [-0.4, -0.2) is 57.6 Å². The molecule has 2 rings (SSSR count). The number of hydrogen-bond donors (Lipinski definition) is 1. The summed E-state index contributed by atoms with van der Waals surface area (Å²) in [5, 5.41) is 14.3. The summed E-state index contributed by atoms with van der Waals surface area (Å²) in [6, 6.07) is 1.56. The van der Waals surface area contributed by atoms with Crippen molar-refractivity contribution >= 4 is 5.91 Å². The Kier molecular flexibility index (Phi) is 4.45. The topological polar surface area (TPSA) is 67.6 Å². The van der Waals surface area contributed by atoms with Crippen LogP contribution in [-0.2, 0) is 11.8 Å². The van der Waals surface area contributed by atoms with Gasteiger partial charge < -0.3 is 14.7 Å². The Hall–Kier alpha value is -1.40. The number of carbonyl (C=O) groups is 1. The Labute approximate surface area is 119 Å². The molecule has 1 aliphatic rings. The lowest BCUT2D eigenvalue weighted by Gasteiger charge is -2.28. The van der Waals surface area contributed by atoms with E-state index in [1.165, 1.54) is 0 Å². The zero-order valence-corrected chi connectivity index (χ0v) is 12.5. The number of aliphatic hydroxyl groups is 1. The van der Waals surface area contributed by atoms with Crippen molar-refractivity contribution in [1.29, 1.82) is 0 Å². The van der Waals surface area contributed by atoms with Crippen LogP contribution in [0.3, 0.4) is 0 Å². The molecule has 0 radical (unpaired) electrons. The number of aliphatic hydroxyl groups excluding tert-OH is 1. The van der Waals surface area contributed by atoms with E-state index < -0.39 is 6.10 Å². The van der Waals surface area contributed by atoms with Crippen LogP contribution >= 0.6 is 0 Å². The normalized spacial score (nSPS) is 22.5. The molecule has 0 bridgehead atoms. The van der Waals surface area contributed by atoms with Crippen molar-refractivity contribution < 1.29 is 14.6 Å². The number of aromatic nitrogens is 2. The van der Waals surface area contributed by atoms with Crippen molar-refractivity contribution in [1.82, 2.24) is 14.7 Å². The minimum absolute atomic E-state index is 0.107. The number of carbonyl (C=O) groups excluding carboxylic acids is 1. The van der Waals surface area contributed by atoms with Gasteiger partial charge in [-0.05, 0) is 18.9 Å². The molecule has 20 heavy (non-hydrogen) atoms. The van der Waals surface area contributed by atoms with E-state index in [0.717, 1.165) is 5.69 Å². The average Bonchev–Trinajstić information content (AvgIpc) is 2.97. The number of hydrogen-bond acceptors (Lipinski definition) is 4. The number of nitrogens with zero attached hydrogens (tertiary/aromatic N) is 3. The lowest BCUT2D eigenvalue weighted by molar-refractivity contribution is 0.0510. The van der Waals surface area contributed by atoms with E-state index in [0.29, 0.717) is 18.8 Å². The second-order valence-corrected chi connectivity index (χ2v) is 5.50. The molecule has 0 aromatic carbocycles. The van der Waals surface area contributed by atoms with E-state index in [4.69, 9.17) is 4.74 Å². The summed E-state index contributed by atoms with van der Waals surface area (Å²) in [6.45, 7) is 7.20. The molecule has 1 aliphatic heterocycles. The van der Waals surface area contributed by atoms with Gasteiger partial charge in [0, 0.05) is 13.6 Å². The van der Waals surface area contributed by atoms with Gasteiger partial charge in [0.25, 0.3) is 5.91 Å². The van der Waals surface area contributed by atoms with Gasteiger partial charge in [0.1, 0.15) is 5.69 Å². The van der Waals surface area contributed by atoms with Crippen molar-refractivity contribution in [3.8, 4) is 0 Å². The molecule has 0 unspecified atom stereocenters. The van der Waals surface area contributed by atoms with E-state index in [2.05, 4.69) is 5.10 Å². The summed E-state index contributed by atoms with van der Waals surface area (Å²) in [7, 11) is 1.77. The summed E-state index contributed by atoms with van der Waals surface area (Å²) in [6.07, 6.45) is -0.614. The molecule has 1 amide bonds. The highest BCUT2D eigenvalue weighted by atomic mass is 16.5. The van der Waals surface area contributed by atoms with Crippen LogP contribution < -0.4 is 0 Å². The Morgan fingerprint density at radius 2 is 2.30 bits per heavy atom. The first kappa shape index (κ1) is 15.0. The van der Waals surface area contributed by atoms with E-state index >= 15 is 0 Å². The monoisotopic (exact) mass is 281 g/mol. The predicted molar refractivity (Wildman–Crippen MR) is 74.6 cm³/mol. The fraction of sp³-hybridized carbons (Fsp3) is 0.714. The third-order valence-corrected chi connectivity index (χ3v) is 3.73. The maximum absolute atomic E-state index is 12.7. The largest absolute Gasteiger partial charge is 0.388 e. The van der Waals surface area contributed by atoms with E-state index in [1.807, 2.05) is 26.8 Å². The number of ether oxygens (including phenoxy) is 1. The second kappa shape index (κ2) is 5.93. The fourth-order valence-corrected chi connectivity index (χ4v) is 2.48. The molecule has 112 valence electrons. The average molecular weight is 281 g/mol. The molecule has 1 aromatic heterocycles. The predicted octanol–water partition coefficient (Wildman–Crippen LogP) is 0.765. The van der Waals surface area contributed by atoms with Gasteiger partial charge >= 0.3 is 0 Å². The second-order valence-electron chi connectivity index (χ2n) is 5.50. The molecule has 1 N–H and O–H groups in total. The van der Waals surface area contributed by atoms with Crippen LogP contribution in [0.1, 0.15) is 42.9 Å². The first-order valence-electron chi connectivity index (χ1n) is 7.06. The van der Waals surface area contributed by atoms with Crippen molar-refractivity contribution in [2.75, 3.05) is 19.8 Å². The molecule has 6 nitrogen and oxygen atoms in total. The van der Waals surface area contributed by atoms with Crippen molar-refractivity contribution in [3.63, 3.8) is 0 Å². The molecule has 6 heteroatoms. The number of likely N-dealkylation sites (N-methyl/N-ethyl adjacent to an activating group) is 1. The Bertz CT molecular complexity index is 484. The van der Waals surface area contributed by atoms with Gasteiger partial charge in [0.2, 0.25) is 0 Å². The van der Waals surface area contributed by atoms with Gasteiger partial charge in [-0.25, -0.2) is 0 Å². The highest BCUT2D eigenvalue weighted by molar-refractivity contribution is 5.93. The Morgan fingerprint density at radius 3 is 2.75 bits per heavy atom. The quantitative estimate of drug-likeness (QED) is 0.885. The van der Waals surface area contributed by atoms with Gasteiger partial charge in [-0.3, -0.25) is 9.48 Å². The van der Waals surface area contributed by atoms with E-state index in [1.54, 1.807) is 16.6 Å². The maximum atomic E-state index is 12.7.